The Morgan fingerprint density at radius 2 is 1.69 bits per heavy atom. The second kappa shape index (κ2) is 9.47. The van der Waals surface area contributed by atoms with Crippen molar-refractivity contribution in [2.45, 2.75) is 26.4 Å². The maximum absolute atomic E-state index is 13.3. The van der Waals surface area contributed by atoms with Crippen molar-refractivity contribution < 1.29 is 9.53 Å². The van der Waals surface area contributed by atoms with E-state index in [-0.39, 0.29) is 18.0 Å². The molecule has 2 aromatic heterocycles. The van der Waals surface area contributed by atoms with E-state index in [4.69, 9.17) is 4.74 Å². The third-order valence-electron chi connectivity index (χ3n) is 5.50. The molecule has 0 unspecified atom stereocenters. The van der Waals surface area contributed by atoms with Crippen molar-refractivity contribution in [3.05, 3.63) is 106 Å². The number of amides is 1. The van der Waals surface area contributed by atoms with E-state index in [1.807, 2.05) is 42.5 Å². The Morgan fingerprint density at radius 3 is 2.38 bits per heavy atom. The molecule has 4 aromatic rings. The van der Waals surface area contributed by atoms with Crippen LogP contribution < -0.4 is 10.3 Å². The minimum atomic E-state index is -0.191. The highest BCUT2D eigenvalue weighted by Gasteiger charge is 2.18. The number of carbonyl (C=O) groups is 1. The SMILES string of the molecule is CCc1ccc2[nH]c(=O)c(CN(Cc3ccc(OC)cc3)C(=O)c3ccncc3)cc2c1. The first-order chi connectivity index (χ1) is 15.6. The lowest BCUT2D eigenvalue weighted by Crippen LogP contribution is -2.32. The van der Waals surface area contributed by atoms with Gasteiger partial charge in [0.1, 0.15) is 5.75 Å². The molecule has 0 fully saturated rings. The molecule has 1 amide bonds. The van der Waals surface area contributed by atoms with Gasteiger partial charge in [-0.1, -0.05) is 25.1 Å². The molecule has 162 valence electrons. The number of nitrogens with one attached hydrogen (secondary N) is 1. The van der Waals surface area contributed by atoms with Gasteiger partial charge >= 0.3 is 0 Å². The second-order valence-electron chi connectivity index (χ2n) is 7.64. The summed E-state index contributed by atoms with van der Waals surface area (Å²) < 4.78 is 5.23. The number of benzene rings is 2. The van der Waals surface area contributed by atoms with Gasteiger partial charge in [-0.2, -0.15) is 0 Å². The first-order valence-corrected chi connectivity index (χ1v) is 10.5. The fourth-order valence-electron chi connectivity index (χ4n) is 3.67. The van der Waals surface area contributed by atoms with E-state index in [0.29, 0.717) is 17.7 Å². The third-order valence-corrected chi connectivity index (χ3v) is 5.50. The number of methoxy groups -OCH3 is 1. The number of hydrogen-bond donors (Lipinski definition) is 1. The zero-order chi connectivity index (χ0) is 22.5. The molecule has 1 N–H and O–H groups in total. The van der Waals surface area contributed by atoms with Crippen molar-refractivity contribution in [3.8, 4) is 5.75 Å². The van der Waals surface area contributed by atoms with Crippen LogP contribution in [0, 0.1) is 0 Å². The first kappa shape index (κ1) is 21.3. The maximum Gasteiger partial charge on any atom is 0.254 e. The standard InChI is InChI=1S/C26H25N3O3/c1-3-18-6-9-24-21(14-18)15-22(25(30)28-24)17-29(26(31)20-10-12-27-13-11-20)16-19-4-7-23(32-2)8-5-19/h4-15H,3,16-17H2,1-2H3,(H,28,30). The van der Waals surface area contributed by atoms with Crippen LogP contribution in [-0.4, -0.2) is 27.9 Å². The lowest BCUT2D eigenvalue weighted by molar-refractivity contribution is 0.0729. The molecule has 0 aliphatic rings. The summed E-state index contributed by atoms with van der Waals surface area (Å²) in [5.74, 6) is 0.587. The van der Waals surface area contributed by atoms with Gasteiger partial charge in [0.05, 0.1) is 13.7 Å². The number of hydrogen-bond acceptors (Lipinski definition) is 4. The second-order valence-corrected chi connectivity index (χ2v) is 7.64. The number of carbonyl (C=O) groups excluding carboxylic acids is 1. The first-order valence-electron chi connectivity index (χ1n) is 10.5. The molecule has 6 heteroatoms. The Morgan fingerprint density at radius 1 is 0.969 bits per heavy atom. The zero-order valence-electron chi connectivity index (χ0n) is 18.2. The number of aromatic amines is 1. The van der Waals surface area contributed by atoms with Crippen LogP contribution in [0.1, 0.15) is 34.0 Å². The number of fused-ring (bicyclic) bond motifs is 1. The van der Waals surface area contributed by atoms with Crippen molar-refractivity contribution in [1.29, 1.82) is 0 Å². The van der Waals surface area contributed by atoms with Crippen molar-refractivity contribution in [1.82, 2.24) is 14.9 Å². The molecule has 4 rings (SSSR count). The van der Waals surface area contributed by atoms with Gasteiger partial charge in [-0.15, -0.1) is 0 Å². The van der Waals surface area contributed by atoms with Gasteiger partial charge in [-0.3, -0.25) is 14.6 Å². The molecule has 0 atom stereocenters. The Bertz CT molecular complexity index is 1280. The molecule has 2 aromatic carbocycles. The number of nitrogens with zero attached hydrogens (tertiary/aromatic N) is 2. The Kier molecular flexibility index (Phi) is 6.31. The Labute approximate surface area is 186 Å². The summed E-state index contributed by atoms with van der Waals surface area (Å²) in [4.78, 5) is 34.7. The number of rotatable bonds is 7. The monoisotopic (exact) mass is 427 g/mol. The Hall–Kier alpha value is -3.93. The van der Waals surface area contributed by atoms with Crippen molar-refractivity contribution >= 4 is 16.8 Å². The van der Waals surface area contributed by atoms with Crippen LogP contribution in [0.2, 0.25) is 0 Å². The summed E-state index contributed by atoms with van der Waals surface area (Å²) in [7, 11) is 1.62. The van der Waals surface area contributed by atoms with Crippen LogP contribution in [0.4, 0.5) is 0 Å². The number of ether oxygens (including phenoxy) is 1. The number of pyridine rings is 2. The predicted octanol–water partition coefficient (Wildman–Crippen LogP) is 4.34. The molecule has 0 aliphatic heterocycles. The van der Waals surface area contributed by atoms with Crippen molar-refractivity contribution in [2.75, 3.05) is 7.11 Å². The van der Waals surface area contributed by atoms with Crippen molar-refractivity contribution in [2.24, 2.45) is 0 Å². The molecular weight excluding hydrogens is 402 g/mol. The summed E-state index contributed by atoms with van der Waals surface area (Å²) in [6, 6.07) is 18.8. The highest BCUT2D eigenvalue weighted by molar-refractivity contribution is 5.94. The summed E-state index contributed by atoms with van der Waals surface area (Å²) in [5, 5.41) is 0.958. The molecule has 32 heavy (non-hydrogen) atoms. The van der Waals surface area contributed by atoms with E-state index in [9.17, 15) is 9.59 Å². The van der Waals surface area contributed by atoms with Gasteiger partial charge < -0.3 is 14.6 Å². The summed E-state index contributed by atoms with van der Waals surface area (Å²) in [6.45, 7) is 2.64. The lowest BCUT2D eigenvalue weighted by atomic mass is 10.1. The van der Waals surface area contributed by atoms with E-state index in [1.54, 1.807) is 36.5 Å². The number of H-pyrrole nitrogens is 1. The Balaban J connectivity index is 1.69. The quantitative estimate of drug-likeness (QED) is 0.476. The molecule has 6 nitrogen and oxygen atoms in total. The molecule has 0 bridgehead atoms. The van der Waals surface area contributed by atoms with Gasteiger partial charge in [-0.05, 0) is 65.4 Å². The van der Waals surface area contributed by atoms with E-state index >= 15 is 0 Å². The summed E-state index contributed by atoms with van der Waals surface area (Å²) in [6.07, 6.45) is 4.09. The van der Waals surface area contributed by atoms with Crippen LogP contribution in [0.3, 0.4) is 0 Å². The number of aromatic nitrogens is 2. The number of aryl methyl sites for hydroxylation is 1. The average Bonchev–Trinajstić information content (AvgIpc) is 2.84. The fraction of sp³-hybridized carbons (Fsp3) is 0.192. The molecule has 2 heterocycles. The van der Waals surface area contributed by atoms with E-state index in [2.05, 4.69) is 23.0 Å². The molecular formula is C26H25N3O3. The molecule has 0 saturated heterocycles. The zero-order valence-corrected chi connectivity index (χ0v) is 18.2. The van der Waals surface area contributed by atoms with Crippen LogP contribution >= 0.6 is 0 Å². The summed E-state index contributed by atoms with van der Waals surface area (Å²) >= 11 is 0. The highest BCUT2D eigenvalue weighted by Crippen LogP contribution is 2.19. The normalized spacial score (nSPS) is 10.8. The van der Waals surface area contributed by atoms with Gasteiger partial charge in [0, 0.05) is 35.6 Å². The minimum absolute atomic E-state index is 0.162. The highest BCUT2D eigenvalue weighted by atomic mass is 16.5. The van der Waals surface area contributed by atoms with Gasteiger partial charge in [-0.25, -0.2) is 0 Å². The molecule has 0 spiro atoms. The van der Waals surface area contributed by atoms with E-state index in [0.717, 1.165) is 28.6 Å². The lowest BCUT2D eigenvalue weighted by Gasteiger charge is -2.23. The fourth-order valence-corrected chi connectivity index (χ4v) is 3.67. The maximum atomic E-state index is 13.3. The molecule has 0 aliphatic carbocycles. The van der Waals surface area contributed by atoms with Crippen LogP contribution in [0.5, 0.6) is 5.75 Å². The van der Waals surface area contributed by atoms with E-state index < -0.39 is 0 Å². The smallest absolute Gasteiger partial charge is 0.254 e. The van der Waals surface area contributed by atoms with Crippen molar-refractivity contribution in [3.63, 3.8) is 0 Å². The van der Waals surface area contributed by atoms with Gasteiger partial charge in [0.15, 0.2) is 0 Å². The topological polar surface area (TPSA) is 75.3 Å². The largest absolute Gasteiger partial charge is 0.497 e. The van der Waals surface area contributed by atoms with Crippen LogP contribution in [-0.2, 0) is 19.5 Å². The van der Waals surface area contributed by atoms with Crippen LogP contribution in [0.15, 0.2) is 77.9 Å². The molecule has 0 saturated carbocycles. The van der Waals surface area contributed by atoms with Crippen LogP contribution in [0.25, 0.3) is 10.9 Å². The third kappa shape index (κ3) is 4.70. The summed E-state index contributed by atoms with van der Waals surface area (Å²) in [5.41, 5.74) is 3.81. The molecule has 0 radical (unpaired) electrons. The average molecular weight is 428 g/mol. The van der Waals surface area contributed by atoms with E-state index in [1.165, 1.54) is 5.56 Å². The predicted molar refractivity (Wildman–Crippen MR) is 125 cm³/mol. The van der Waals surface area contributed by atoms with Gasteiger partial charge in [0.2, 0.25) is 0 Å². The minimum Gasteiger partial charge on any atom is -0.497 e. The van der Waals surface area contributed by atoms with Gasteiger partial charge in [0.25, 0.3) is 11.5 Å².